The van der Waals surface area contributed by atoms with Gasteiger partial charge in [0.15, 0.2) is 5.60 Å². The maximum absolute atomic E-state index is 12.4. The molecular formula is C27H28N2O4. The standard InChI is InChI=1S/C27H28N2O4/c1-26(2,3)31-13-12-25(30)29-19-9-11-22-24(15-19)33-23-14-18(28)8-10-21(23)27(22)20-7-5-4-6-17(20)16-32-27/h4-11,14-15H,12-13,16,28H2,1-3H3,(H,29,30). The van der Waals surface area contributed by atoms with Crippen LogP contribution in [0.1, 0.15) is 49.4 Å². The molecule has 3 N–H and O–H groups in total. The summed E-state index contributed by atoms with van der Waals surface area (Å²) < 4.78 is 18.5. The third-order valence-corrected chi connectivity index (χ3v) is 5.95. The second kappa shape index (κ2) is 7.90. The third kappa shape index (κ3) is 3.86. The number of carbonyl (C=O) groups excluding carboxylic acids is 1. The number of nitrogen functional groups attached to an aromatic ring is 1. The Hall–Kier alpha value is -3.35. The van der Waals surface area contributed by atoms with Crippen LogP contribution in [0.2, 0.25) is 0 Å². The Morgan fingerprint density at radius 1 is 1.03 bits per heavy atom. The number of hydrogen-bond donors (Lipinski definition) is 2. The number of carbonyl (C=O) groups is 1. The summed E-state index contributed by atoms with van der Waals surface area (Å²) in [5.74, 6) is 1.17. The molecule has 0 aliphatic carbocycles. The summed E-state index contributed by atoms with van der Waals surface area (Å²) in [5, 5.41) is 2.95. The minimum absolute atomic E-state index is 0.114. The molecular weight excluding hydrogens is 416 g/mol. The summed E-state index contributed by atoms with van der Waals surface area (Å²) in [6.45, 7) is 6.77. The number of benzene rings is 3. The zero-order chi connectivity index (χ0) is 23.2. The van der Waals surface area contributed by atoms with E-state index in [4.69, 9.17) is 19.9 Å². The van der Waals surface area contributed by atoms with Gasteiger partial charge in [-0.1, -0.05) is 24.3 Å². The summed E-state index contributed by atoms with van der Waals surface area (Å²) in [5.41, 5.74) is 10.3. The third-order valence-electron chi connectivity index (χ3n) is 5.95. The molecule has 1 atom stereocenters. The van der Waals surface area contributed by atoms with Gasteiger partial charge in [-0.15, -0.1) is 0 Å². The molecule has 1 amide bonds. The highest BCUT2D eigenvalue weighted by Gasteiger charge is 2.49. The monoisotopic (exact) mass is 444 g/mol. The summed E-state index contributed by atoms with van der Waals surface area (Å²) in [6.07, 6.45) is 0.273. The smallest absolute Gasteiger partial charge is 0.226 e. The zero-order valence-electron chi connectivity index (χ0n) is 19.1. The molecule has 170 valence electrons. The van der Waals surface area contributed by atoms with Gasteiger partial charge in [0.1, 0.15) is 11.5 Å². The fraction of sp³-hybridized carbons (Fsp3) is 0.296. The van der Waals surface area contributed by atoms with Crippen molar-refractivity contribution in [3.63, 3.8) is 0 Å². The average Bonchev–Trinajstić information content (AvgIpc) is 3.13. The molecule has 5 rings (SSSR count). The molecule has 0 radical (unpaired) electrons. The number of anilines is 2. The lowest BCUT2D eigenvalue weighted by Gasteiger charge is -2.37. The van der Waals surface area contributed by atoms with Crippen LogP contribution in [0.25, 0.3) is 0 Å². The van der Waals surface area contributed by atoms with Crippen molar-refractivity contribution in [3.8, 4) is 11.5 Å². The van der Waals surface area contributed by atoms with Crippen molar-refractivity contribution in [1.82, 2.24) is 0 Å². The molecule has 2 heterocycles. The van der Waals surface area contributed by atoms with Crippen molar-refractivity contribution in [3.05, 3.63) is 82.9 Å². The number of hydrogen-bond acceptors (Lipinski definition) is 5. The van der Waals surface area contributed by atoms with Gasteiger partial charge in [0.05, 0.1) is 25.2 Å². The van der Waals surface area contributed by atoms with Crippen LogP contribution in [0, 0.1) is 0 Å². The average molecular weight is 445 g/mol. The molecule has 0 bridgehead atoms. The Labute approximate surface area is 193 Å². The van der Waals surface area contributed by atoms with Crippen LogP contribution < -0.4 is 15.8 Å². The van der Waals surface area contributed by atoms with Crippen LogP contribution in [0.15, 0.2) is 60.7 Å². The molecule has 0 aromatic heterocycles. The predicted molar refractivity (Wildman–Crippen MR) is 127 cm³/mol. The van der Waals surface area contributed by atoms with Gasteiger partial charge in [-0.25, -0.2) is 0 Å². The fourth-order valence-electron chi connectivity index (χ4n) is 4.53. The van der Waals surface area contributed by atoms with Crippen LogP contribution in [-0.4, -0.2) is 18.1 Å². The van der Waals surface area contributed by atoms with Gasteiger partial charge in [-0.05, 0) is 56.2 Å². The van der Waals surface area contributed by atoms with Gasteiger partial charge in [0, 0.05) is 34.6 Å². The highest BCUT2D eigenvalue weighted by Crippen LogP contribution is 2.56. The summed E-state index contributed by atoms with van der Waals surface area (Å²) in [6, 6.07) is 19.6. The molecule has 33 heavy (non-hydrogen) atoms. The maximum Gasteiger partial charge on any atom is 0.226 e. The van der Waals surface area contributed by atoms with E-state index in [2.05, 4.69) is 17.4 Å². The van der Waals surface area contributed by atoms with E-state index < -0.39 is 5.60 Å². The highest BCUT2D eigenvalue weighted by molar-refractivity contribution is 5.91. The van der Waals surface area contributed by atoms with Crippen LogP contribution in [0.3, 0.4) is 0 Å². The lowest BCUT2D eigenvalue weighted by Crippen LogP contribution is -2.32. The first-order valence-corrected chi connectivity index (χ1v) is 11.1. The number of nitrogens with one attached hydrogen (secondary N) is 1. The zero-order valence-corrected chi connectivity index (χ0v) is 19.1. The lowest BCUT2D eigenvalue weighted by molar-refractivity contribution is -0.118. The molecule has 2 aliphatic rings. The summed E-state index contributed by atoms with van der Waals surface area (Å²) >= 11 is 0. The first-order chi connectivity index (χ1) is 15.8. The second-order valence-corrected chi connectivity index (χ2v) is 9.45. The Morgan fingerprint density at radius 3 is 2.55 bits per heavy atom. The van der Waals surface area contributed by atoms with E-state index in [9.17, 15) is 4.79 Å². The van der Waals surface area contributed by atoms with Gasteiger partial charge in [0.2, 0.25) is 5.91 Å². The van der Waals surface area contributed by atoms with E-state index in [1.54, 1.807) is 0 Å². The largest absolute Gasteiger partial charge is 0.456 e. The van der Waals surface area contributed by atoms with Crippen molar-refractivity contribution >= 4 is 17.3 Å². The number of rotatable bonds is 4. The van der Waals surface area contributed by atoms with Crippen LogP contribution >= 0.6 is 0 Å². The Bertz CT molecular complexity index is 1230. The first-order valence-electron chi connectivity index (χ1n) is 11.1. The molecule has 1 unspecified atom stereocenters. The van der Waals surface area contributed by atoms with Crippen molar-refractivity contribution in [1.29, 1.82) is 0 Å². The molecule has 6 nitrogen and oxygen atoms in total. The lowest BCUT2D eigenvalue weighted by atomic mass is 9.77. The van der Waals surface area contributed by atoms with Gasteiger partial charge < -0.3 is 25.3 Å². The van der Waals surface area contributed by atoms with Crippen LogP contribution in [-0.2, 0) is 26.5 Å². The Balaban J connectivity index is 1.50. The van der Waals surface area contributed by atoms with E-state index in [1.165, 1.54) is 0 Å². The first kappa shape index (κ1) is 21.5. The van der Waals surface area contributed by atoms with Crippen molar-refractivity contribution in [2.75, 3.05) is 17.7 Å². The fourth-order valence-corrected chi connectivity index (χ4v) is 4.53. The van der Waals surface area contributed by atoms with Crippen molar-refractivity contribution in [2.24, 2.45) is 0 Å². The van der Waals surface area contributed by atoms with Gasteiger partial charge in [-0.2, -0.15) is 0 Å². The molecule has 3 aromatic rings. The second-order valence-electron chi connectivity index (χ2n) is 9.45. The molecule has 0 saturated heterocycles. The van der Waals surface area contributed by atoms with Crippen LogP contribution in [0.5, 0.6) is 11.5 Å². The normalized spacial score (nSPS) is 18.3. The molecule has 0 saturated carbocycles. The van der Waals surface area contributed by atoms with E-state index in [0.717, 1.165) is 22.3 Å². The number of ether oxygens (including phenoxy) is 3. The Morgan fingerprint density at radius 2 is 1.76 bits per heavy atom. The van der Waals surface area contributed by atoms with E-state index in [1.807, 2.05) is 69.3 Å². The van der Waals surface area contributed by atoms with Crippen LogP contribution in [0.4, 0.5) is 11.4 Å². The molecule has 3 aromatic carbocycles. The number of fused-ring (bicyclic) bond motifs is 6. The minimum Gasteiger partial charge on any atom is -0.456 e. The topological polar surface area (TPSA) is 82.8 Å². The predicted octanol–water partition coefficient (Wildman–Crippen LogP) is 5.34. The van der Waals surface area contributed by atoms with Crippen molar-refractivity contribution in [2.45, 2.75) is 45.0 Å². The molecule has 1 spiro atoms. The SMILES string of the molecule is CC(C)(C)OCCC(=O)Nc1ccc2c(c1)Oc1cc(N)ccc1C21OCc2ccccc21. The molecule has 0 fully saturated rings. The summed E-state index contributed by atoms with van der Waals surface area (Å²) in [4.78, 5) is 12.4. The van der Waals surface area contributed by atoms with E-state index >= 15 is 0 Å². The van der Waals surface area contributed by atoms with Gasteiger partial charge >= 0.3 is 0 Å². The minimum atomic E-state index is -0.781. The highest BCUT2D eigenvalue weighted by atomic mass is 16.5. The van der Waals surface area contributed by atoms with Gasteiger partial charge in [-0.3, -0.25) is 4.79 Å². The number of nitrogens with two attached hydrogens (primary N) is 1. The van der Waals surface area contributed by atoms with E-state index in [-0.39, 0.29) is 17.9 Å². The summed E-state index contributed by atoms with van der Waals surface area (Å²) in [7, 11) is 0. The quantitative estimate of drug-likeness (QED) is 0.531. The molecule has 6 heteroatoms. The van der Waals surface area contributed by atoms with E-state index in [0.29, 0.717) is 36.1 Å². The number of amides is 1. The Kier molecular flexibility index (Phi) is 5.15. The maximum atomic E-state index is 12.4. The van der Waals surface area contributed by atoms with Gasteiger partial charge in [0.25, 0.3) is 0 Å². The molecule has 2 aliphatic heterocycles. The van der Waals surface area contributed by atoms with Crippen molar-refractivity contribution < 1.29 is 19.0 Å².